The zero-order valence-electron chi connectivity index (χ0n) is 12.4. The summed E-state index contributed by atoms with van der Waals surface area (Å²) in [5, 5.41) is 9.12. The van der Waals surface area contributed by atoms with Gasteiger partial charge in [0.15, 0.2) is 11.5 Å². The number of hydrogen-bond acceptors (Lipinski definition) is 4. The second-order valence-corrected chi connectivity index (χ2v) is 4.74. The Labute approximate surface area is 128 Å². The van der Waals surface area contributed by atoms with Crippen LogP contribution in [0.25, 0.3) is 16.9 Å². The minimum Gasteiger partial charge on any atom is -0.493 e. The zero-order valence-corrected chi connectivity index (χ0v) is 12.4. The van der Waals surface area contributed by atoms with Crippen LogP contribution in [0, 0.1) is 11.3 Å². The van der Waals surface area contributed by atoms with Gasteiger partial charge in [0, 0.05) is 11.8 Å². The maximum Gasteiger partial charge on any atom is 0.161 e. The van der Waals surface area contributed by atoms with E-state index in [2.05, 4.69) is 11.1 Å². The minimum absolute atomic E-state index is 0.287. The third-order valence-corrected chi connectivity index (χ3v) is 3.53. The lowest BCUT2D eigenvalue weighted by atomic mass is 10.1. The van der Waals surface area contributed by atoms with Crippen molar-refractivity contribution in [1.82, 2.24) is 9.38 Å². The molecule has 0 aliphatic carbocycles. The molecule has 0 saturated heterocycles. The molecule has 5 nitrogen and oxygen atoms in total. The van der Waals surface area contributed by atoms with Crippen LogP contribution < -0.4 is 9.47 Å². The summed E-state index contributed by atoms with van der Waals surface area (Å²) in [4.78, 5) is 4.65. The highest BCUT2D eigenvalue weighted by atomic mass is 16.5. The molecule has 2 heterocycles. The molecular formula is C17H15N3O2. The van der Waals surface area contributed by atoms with Gasteiger partial charge in [-0.05, 0) is 30.3 Å². The number of pyridine rings is 1. The zero-order chi connectivity index (χ0) is 15.5. The van der Waals surface area contributed by atoms with Gasteiger partial charge in [0.05, 0.1) is 38.1 Å². The molecule has 3 rings (SSSR count). The summed E-state index contributed by atoms with van der Waals surface area (Å²) in [7, 11) is 3.20. The largest absolute Gasteiger partial charge is 0.493 e. The lowest BCUT2D eigenvalue weighted by molar-refractivity contribution is 0.355. The van der Waals surface area contributed by atoms with E-state index in [0.717, 1.165) is 22.6 Å². The van der Waals surface area contributed by atoms with Gasteiger partial charge in [-0.15, -0.1) is 0 Å². The molecule has 0 fully saturated rings. The molecule has 5 heteroatoms. The Bertz CT molecular complexity index is 862. The number of nitriles is 1. The van der Waals surface area contributed by atoms with Crippen molar-refractivity contribution in [3.05, 3.63) is 48.3 Å². The summed E-state index contributed by atoms with van der Waals surface area (Å²) < 4.78 is 12.5. The number of rotatable bonds is 4. The molecule has 0 radical (unpaired) electrons. The van der Waals surface area contributed by atoms with Crippen molar-refractivity contribution in [1.29, 1.82) is 5.26 Å². The van der Waals surface area contributed by atoms with E-state index >= 15 is 0 Å². The minimum atomic E-state index is 0.287. The molecule has 1 aromatic carbocycles. The van der Waals surface area contributed by atoms with Crippen molar-refractivity contribution in [3.8, 4) is 28.8 Å². The number of imidazole rings is 1. The topological polar surface area (TPSA) is 59.5 Å². The highest BCUT2D eigenvalue weighted by Crippen LogP contribution is 2.33. The Morgan fingerprint density at radius 2 is 1.95 bits per heavy atom. The van der Waals surface area contributed by atoms with E-state index < -0.39 is 0 Å². The second kappa shape index (κ2) is 5.78. The van der Waals surface area contributed by atoms with Crippen molar-refractivity contribution in [3.63, 3.8) is 0 Å². The van der Waals surface area contributed by atoms with Crippen LogP contribution in [0.3, 0.4) is 0 Å². The normalized spacial score (nSPS) is 10.4. The summed E-state index contributed by atoms with van der Waals surface area (Å²) in [6, 6.07) is 13.6. The standard InChI is InChI=1S/C17H15N3O2/c1-21-14-7-6-12(11-15(14)22-2)17-13(8-9-18)20-10-4-3-5-16(20)19-17/h3-7,10-11H,8H2,1-2H3. The monoisotopic (exact) mass is 293 g/mol. The SMILES string of the molecule is COc1ccc(-c2nc3ccccn3c2CC#N)cc1OC. The van der Waals surface area contributed by atoms with E-state index in [1.165, 1.54) is 0 Å². The molecule has 0 unspecified atom stereocenters. The molecule has 0 saturated carbocycles. The molecule has 0 bridgehead atoms. The Balaban J connectivity index is 2.21. The molecule has 0 spiro atoms. The van der Waals surface area contributed by atoms with Gasteiger partial charge in [0.2, 0.25) is 0 Å². The highest BCUT2D eigenvalue weighted by Gasteiger charge is 2.15. The third kappa shape index (κ3) is 2.25. The Hall–Kier alpha value is -3.00. The molecule has 0 amide bonds. The highest BCUT2D eigenvalue weighted by molar-refractivity contribution is 5.69. The number of methoxy groups -OCH3 is 2. The van der Waals surface area contributed by atoms with Gasteiger partial charge in [-0.3, -0.25) is 0 Å². The van der Waals surface area contributed by atoms with Gasteiger partial charge in [0.1, 0.15) is 5.65 Å². The van der Waals surface area contributed by atoms with E-state index in [0.29, 0.717) is 11.5 Å². The van der Waals surface area contributed by atoms with Crippen LogP contribution in [-0.2, 0) is 6.42 Å². The first-order chi connectivity index (χ1) is 10.8. The van der Waals surface area contributed by atoms with Crippen molar-refractivity contribution >= 4 is 5.65 Å². The quantitative estimate of drug-likeness (QED) is 0.741. The summed E-state index contributed by atoms with van der Waals surface area (Å²) >= 11 is 0. The lowest BCUT2D eigenvalue weighted by Gasteiger charge is -2.09. The number of benzene rings is 1. The average Bonchev–Trinajstić information content (AvgIpc) is 2.93. The molecule has 110 valence electrons. The smallest absolute Gasteiger partial charge is 0.161 e. The number of aromatic nitrogens is 2. The second-order valence-electron chi connectivity index (χ2n) is 4.74. The van der Waals surface area contributed by atoms with Crippen LogP contribution in [0.15, 0.2) is 42.6 Å². The van der Waals surface area contributed by atoms with Gasteiger partial charge in [-0.25, -0.2) is 4.98 Å². The van der Waals surface area contributed by atoms with Gasteiger partial charge >= 0.3 is 0 Å². The van der Waals surface area contributed by atoms with E-state index in [-0.39, 0.29) is 6.42 Å². The Kier molecular flexibility index (Phi) is 3.67. The van der Waals surface area contributed by atoms with E-state index in [4.69, 9.17) is 14.7 Å². The maximum absolute atomic E-state index is 9.12. The predicted molar refractivity (Wildman–Crippen MR) is 83.0 cm³/mol. The van der Waals surface area contributed by atoms with Gasteiger partial charge in [-0.2, -0.15) is 5.26 Å². The van der Waals surface area contributed by atoms with Crippen LogP contribution >= 0.6 is 0 Å². The van der Waals surface area contributed by atoms with Crippen LogP contribution in [0.2, 0.25) is 0 Å². The van der Waals surface area contributed by atoms with Crippen LogP contribution in [0.1, 0.15) is 5.69 Å². The van der Waals surface area contributed by atoms with Crippen molar-refractivity contribution in [2.75, 3.05) is 14.2 Å². The molecule has 0 atom stereocenters. The molecule has 3 aromatic rings. The van der Waals surface area contributed by atoms with E-state index in [1.807, 2.05) is 47.0 Å². The maximum atomic E-state index is 9.12. The first-order valence-corrected chi connectivity index (χ1v) is 6.83. The molecule has 2 aromatic heterocycles. The molecule has 0 N–H and O–H groups in total. The van der Waals surface area contributed by atoms with Crippen molar-refractivity contribution in [2.24, 2.45) is 0 Å². The van der Waals surface area contributed by atoms with E-state index in [1.54, 1.807) is 14.2 Å². The molecule has 22 heavy (non-hydrogen) atoms. The fourth-order valence-electron chi connectivity index (χ4n) is 2.51. The summed E-state index contributed by atoms with van der Waals surface area (Å²) in [5.74, 6) is 1.30. The van der Waals surface area contributed by atoms with Gasteiger partial charge in [0.25, 0.3) is 0 Å². The van der Waals surface area contributed by atoms with Crippen LogP contribution in [-0.4, -0.2) is 23.6 Å². The van der Waals surface area contributed by atoms with E-state index in [9.17, 15) is 0 Å². The van der Waals surface area contributed by atoms with Gasteiger partial charge < -0.3 is 13.9 Å². The first-order valence-electron chi connectivity index (χ1n) is 6.83. The van der Waals surface area contributed by atoms with Crippen molar-refractivity contribution in [2.45, 2.75) is 6.42 Å². The molecule has 0 aliphatic rings. The molecule has 0 aliphatic heterocycles. The fraction of sp³-hybridized carbons (Fsp3) is 0.176. The summed E-state index contributed by atoms with van der Waals surface area (Å²) in [6.07, 6.45) is 2.20. The predicted octanol–water partition coefficient (Wildman–Crippen LogP) is 3.08. The van der Waals surface area contributed by atoms with Gasteiger partial charge in [-0.1, -0.05) is 6.07 Å². The number of hydrogen-bond donors (Lipinski definition) is 0. The summed E-state index contributed by atoms with van der Waals surface area (Å²) in [5.41, 5.74) is 3.36. The average molecular weight is 293 g/mol. The Morgan fingerprint density at radius 1 is 1.14 bits per heavy atom. The van der Waals surface area contributed by atoms with Crippen molar-refractivity contribution < 1.29 is 9.47 Å². The Morgan fingerprint density at radius 3 is 2.68 bits per heavy atom. The number of fused-ring (bicyclic) bond motifs is 1. The summed E-state index contributed by atoms with van der Waals surface area (Å²) in [6.45, 7) is 0. The fourth-order valence-corrected chi connectivity index (χ4v) is 2.51. The third-order valence-electron chi connectivity index (χ3n) is 3.53. The number of ether oxygens (including phenoxy) is 2. The van der Waals surface area contributed by atoms with Crippen LogP contribution in [0.5, 0.6) is 11.5 Å². The molecular weight excluding hydrogens is 278 g/mol. The first kappa shape index (κ1) is 14.0. The number of nitrogens with zero attached hydrogens (tertiary/aromatic N) is 3. The lowest BCUT2D eigenvalue weighted by Crippen LogP contribution is -1.94. The van der Waals surface area contributed by atoms with Crippen LogP contribution in [0.4, 0.5) is 0 Å².